The molecule has 94 valence electrons. The van der Waals surface area contributed by atoms with Gasteiger partial charge in [0.2, 0.25) is 11.6 Å². The molecule has 0 heterocycles. The van der Waals surface area contributed by atoms with Crippen LogP contribution < -0.4 is 0 Å². The van der Waals surface area contributed by atoms with Crippen LogP contribution >= 0.6 is 0 Å². The summed E-state index contributed by atoms with van der Waals surface area (Å²) in [6.07, 6.45) is 3.28. The van der Waals surface area contributed by atoms with Crippen LogP contribution in [0.15, 0.2) is 42.5 Å². The van der Waals surface area contributed by atoms with E-state index in [9.17, 15) is 9.59 Å². The lowest BCUT2D eigenvalue weighted by atomic mass is 9.85. The van der Waals surface area contributed by atoms with Crippen molar-refractivity contribution < 1.29 is 9.59 Å². The van der Waals surface area contributed by atoms with E-state index >= 15 is 0 Å². The van der Waals surface area contributed by atoms with E-state index < -0.39 is 5.78 Å². The van der Waals surface area contributed by atoms with Gasteiger partial charge in [-0.05, 0) is 46.5 Å². The highest BCUT2D eigenvalue weighted by Crippen LogP contribution is 2.31. The van der Waals surface area contributed by atoms with Crippen molar-refractivity contribution in [3.8, 4) is 0 Å². The number of carbonyl (C=O) groups excluding carboxylic acids is 2. The third-order valence-corrected chi connectivity index (χ3v) is 3.52. The molecule has 3 rings (SSSR count). The van der Waals surface area contributed by atoms with E-state index in [1.165, 1.54) is 6.08 Å². The van der Waals surface area contributed by atoms with Crippen molar-refractivity contribution in [2.75, 3.05) is 0 Å². The third-order valence-electron chi connectivity index (χ3n) is 3.52. The second-order valence-corrected chi connectivity index (χ2v) is 4.86. The van der Waals surface area contributed by atoms with Gasteiger partial charge in [-0.15, -0.1) is 0 Å². The quantitative estimate of drug-likeness (QED) is 0.760. The van der Waals surface area contributed by atoms with Crippen LogP contribution in [0.25, 0.3) is 16.3 Å². The predicted molar refractivity (Wildman–Crippen MR) is 76.2 cm³/mol. The molecule has 0 amide bonds. The summed E-state index contributed by atoms with van der Waals surface area (Å²) in [7, 11) is 0. The zero-order valence-corrected chi connectivity index (χ0v) is 10.8. The van der Waals surface area contributed by atoms with E-state index in [0.29, 0.717) is 5.56 Å². The highest BCUT2D eigenvalue weighted by molar-refractivity contribution is 6.50. The molecule has 0 N–H and O–H groups in total. The average molecular weight is 250 g/mol. The minimum absolute atomic E-state index is 0.388. The zero-order chi connectivity index (χ0) is 13.4. The van der Waals surface area contributed by atoms with Crippen molar-refractivity contribution in [2.24, 2.45) is 0 Å². The number of benzene rings is 2. The highest BCUT2D eigenvalue weighted by atomic mass is 16.2. The normalized spacial score (nSPS) is 14.5. The molecular formula is C17H14O2. The summed E-state index contributed by atoms with van der Waals surface area (Å²) in [5.74, 6) is -0.785. The van der Waals surface area contributed by atoms with Gasteiger partial charge in [-0.25, -0.2) is 0 Å². The maximum atomic E-state index is 12.0. The van der Waals surface area contributed by atoms with E-state index in [4.69, 9.17) is 0 Å². The summed E-state index contributed by atoms with van der Waals surface area (Å²) in [5, 5.41) is 2.10. The number of hydrogen-bond donors (Lipinski definition) is 0. The van der Waals surface area contributed by atoms with E-state index in [2.05, 4.69) is 6.92 Å². The average Bonchev–Trinajstić information content (AvgIpc) is 2.43. The fraction of sp³-hybridized carbons (Fsp3) is 0.176. The second kappa shape index (κ2) is 4.47. The lowest BCUT2D eigenvalue weighted by Gasteiger charge is -2.17. The van der Waals surface area contributed by atoms with E-state index in [0.717, 1.165) is 34.8 Å². The fourth-order valence-electron chi connectivity index (χ4n) is 2.60. The van der Waals surface area contributed by atoms with Crippen LogP contribution in [-0.2, 0) is 4.79 Å². The van der Waals surface area contributed by atoms with Gasteiger partial charge in [-0.3, -0.25) is 9.59 Å². The van der Waals surface area contributed by atoms with Gasteiger partial charge in [0.25, 0.3) is 0 Å². The first-order chi connectivity index (χ1) is 9.20. The molecule has 0 spiro atoms. The fourth-order valence-corrected chi connectivity index (χ4v) is 2.60. The number of Topliss-reactive ketones (excluding diaryl/α,β-unsaturated/α-hetero) is 1. The van der Waals surface area contributed by atoms with Gasteiger partial charge in [0, 0.05) is 5.56 Å². The Morgan fingerprint density at radius 3 is 2.21 bits per heavy atom. The molecule has 0 unspecified atom stereocenters. The van der Waals surface area contributed by atoms with E-state index in [1.807, 2.05) is 36.4 Å². The van der Waals surface area contributed by atoms with Crippen LogP contribution in [0, 0.1) is 0 Å². The van der Waals surface area contributed by atoms with Crippen LogP contribution in [-0.4, -0.2) is 11.6 Å². The summed E-state index contributed by atoms with van der Waals surface area (Å²) < 4.78 is 0. The molecule has 0 aliphatic heterocycles. The molecule has 0 bridgehead atoms. The number of allylic oxidation sites excluding steroid dienone is 2. The summed E-state index contributed by atoms with van der Waals surface area (Å²) in [5.41, 5.74) is 2.45. The molecule has 0 saturated carbocycles. The van der Waals surface area contributed by atoms with Crippen molar-refractivity contribution in [3.05, 3.63) is 53.6 Å². The largest absolute Gasteiger partial charge is 0.286 e. The number of carbonyl (C=O) groups is 2. The molecule has 2 aromatic carbocycles. The van der Waals surface area contributed by atoms with Crippen molar-refractivity contribution in [1.29, 1.82) is 0 Å². The molecule has 1 aliphatic carbocycles. The van der Waals surface area contributed by atoms with Crippen molar-refractivity contribution in [1.82, 2.24) is 0 Å². The molecule has 0 fully saturated rings. The first kappa shape index (κ1) is 11.8. The van der Waals surface area contributed by atoms with Crippen LogP contribution in [0.4, 0.5) is 0 Å². The van der Waals surface area contributed by atoms with E-state index in [-0.39, 0.29) is 5.78 Å². The molecule has 0 radical (unpaired) electrons. The number of fused-ring (bicyclic) bond motifs is 2. The molecule has 0 aromatic heterocycles. The number of rotatable bonds is 2. The van der Waals surface area contributed by atoms with Crippen LogP contribution in [0.5, 0.6) is 0 Å². The van der Waals surface area contributed by atoms with Crippen LogP contribution in [0.1, 0.15) is 35.7 Å². The third kappa shape index (κ3) is 1.89. The predicted octanol–water partition coefficient (Wildman–Crippen LogP) is 3.79. The molecule has 0 atom stereocenters. The Hall–Kier alpha value is -2.22. The smallest absolute Gasteiger partial charge is 0.233 e. The Kier molecular flexibility index (Phi) is 2.79. The van der Waals surface area contributed by atoms with Crippen LogP contribution in [0.3, 0.4) is 0 Å². The van der Waals surface area contributed by atoms with Gasteiger partial charge < -0.3 is 0 Å². The number of hydrogen-bond acceptors (Lipinski definition) is 2. The summed E-state index contributed by atoms with van der Waals surface area (Å²) >= 11 is 0. The maximum Gasteiger partial charge on any atom is 0.233 e. The highest BCUT2D eigenvalue weighted by Gasteiger charge is 2.25. The molecule has 2 heteroatoms. The summed E-state index contributed by atoms with van der Waals surface area (Å²) in [6.45, 7) is 2.07. The van der Waals surface area contributed by atoms with Gasteiger partial charge in [0.1, 0.15) is 0 Å². The molecular weight excluding hydrogens is 236 g/mol. The van der Waals surface area contributed by atoms with Crippen molar-refractivity contribution >= 4 is 27.9 Å². The van der Waals surface area contributed by atoms with Crippen molar-refractivity contribution in [3.63, 3.8) is 0 Å². The lowest BCUT2D eigenvalue weighted by molar-refractivity contribution is -0.111. The maximum absolute atomic E-state index is 12.0. The first-order valence-electron chi connectivity index (χ1n) is 6.53. The topological polar surface area (TPSA) is 34.1 Å². The Labute approximate surface area is 111 Å². The van der Waals surface area contributed by atoms with Gasteiger partial charge >= 0.3 is 0 Å². The Morgan fingerprint density at radius 2 is 1.58 bits per heavy atom. The van der Waals surface area contributed by atoms with Gasteiger partial charge in [0.05, 0.1) is 0 Å². The molecule has 19 heavy (non-hydrogen) atoms. The Morgan fingerprint density at radius 1 is 0.947 bits per heavy atom. The van der Waals surface area contributed by atoms with Crippen LogP contribution in [0.2, 0.25) is 0 Å². The lowest BCUT2D eigenvalue weighted by Crippen LogP contribution is -2.18. The molecule has 0 saturated heterocycles. The van der Waals surface area contributed by atoms with Gasteiger partial charge in [-0.1, -0.05) is 37.6 Å². The van der Waals surface area contributed by atoms with Gasteiger partial charge in [-0.2, -0.15) is 0 Å². The minimum atomic E-state index is -0.397. The minimum Gasteiger partial charge on any atom is -0.286 e. The Balaban J connectivity index is 2.29. The van der Waals surface area contributed by atoms with Gasteiger partial charge in [0.15, 0.2) is 0 Å². The SMILES string of the molecule is CCCC1=CC(=O)C(=O)c2cc3ccccc3cc21. The van der Waals surface area contributed by atoms with Crippen molar-refractivity contribution in [2.45, 2.75) is 19.8 Å². The first-order valence-corrected chi connectivity index (χ1v) is 6.53. The standard InChI is InChI=1S/C17H14O2/c1-2-5-13-10-16(18)17(19)15-9-12-7-4-3-6-11(12)8-14(13)15/h3-4,6-10H,2,5H2,1H3. The molecule has 2 nitrogen and oxygen atoms in total. The van der Waals surface area contributed by atoms with E-state index in [1.54, 1.807) is 0 Å². The molecule has 1 aliphatic rings. The zero-order valence-electron chi connectivity index (χ0n) is 10.8. The second-order valence-electron chi connectivity index (χ2n) is 4.86. The Bertz CT molecular complexity index is 723. The summed E-state index contributed by atoms with van der Waals surface area (Å²) in [4.78, 5) is 23.8. The molecule has 2 aromatic rings. The monoisotopic (exact) mass is 250 g/mol. The summed E-state index contributed by atoms with van der Waals surface area (Å²) in [6, 6.07) is 11.8. The number of ketones is 2.